The van der Waals surface area contributed by atoms with Crippen LogP contribution in [0.1, 0.15) is 30.0 Å². The molecule has 1 aromatic carbocycles. The summed E-state index contributed by atoms with van der Waals surface area (Å²) in [6, 6.07) is 2.61. The first-order valence-electron chi connectivity index (χ1n) is 7.36. The summed E-state index contributed by atoms with van der Waals surface area (Å²) in [7, 11) is 0. The van der Waals surface area contributed by atoms with Gasteiger partial charge in [0.05, 0.1) is 5.56 Å². The van der Waals surface area contributed by atoms with Crippen LogP contribution in [0.15, 0.2) is 30.9 Å². The van der Waals surface area contributed by atoms with Crippen LogP contribution in [0.5, 0.6) is 0 Å². The minimum Gasteiger partial charge on any atom is -0.314 e. The van der Waals surface area contributed by atoms with Crippen molar-refractivity contribution in [2.45, 2.75) is 25.1 Å². The number of hydrogen-bond donors (Lipinski definition) is 1. The highest BCUT2D eigenvalue weighted by Crippen LogP contribution is 2.34. The first-order chi connectivity index (χ1) is 10.4. The van der Waals surface area contributed by atoms with Crippen LogP contribution in [0.4, 0.5) is 17.6 Å². The summed E-state index contributed by atoms with van der Waals surface area (Å²) in [5, 5.41) is 3.22. The number of nitrogens with one attached hydrogen (secondary N) is 1. The predicted octanol–water partition coefficient (Wildman–Crippen LogP) is 3.76. The van der Waals surface area contributed by atoms with E-state index >= 15 is 0 Å². The van der Waals surface area contributed by atoms with Gasteiger partial charge in [0.1, 0.15) is 5.82 Å². The van der Waals surface area contributed by atoms with Gasteiger partial charge < -0.3 is 5.32 Å². The molecule has 122 valence electrons. The summed E-state index contributed by atoms with van der Waals surface area (Å²) >= 11 is 0. The normalized spacial score (nSPS) is 18.2. The molecule has 1 saturated heterocycles. The van der Waals surface area contributed by atoms with Crippen molar-refractivity contribution in [1.82, 2.24) is 10.2 Å². The lowest BCUT2D eigenvalue weighted by Gasteiger charge is -2.35. The molecule has 1 N–H and O–H groups in total. The zero-order chi connectivity index (χ0) is 16.2. The van der Waals surface area contributed by atoms with Crippen LogP contribution < -0.4 is 5.32 Å². The van der Waals surface area contributed by atoms with E-state index in [2.05, 4.69) is 16.8 Å². The molecule has 1 aromatic rings. The second-order valence-electron chi connectivity index (χ2n) is 5.40. The Kier molecular flexibility index (Phi) is 5.58. The zero-order valence-electron chi connectivity index (χ0n) is 12.3. The van der Waals surface area contributed by atoms with Crippen LogP contribution in [-0.2, 0) is 6.18 Å². The van der Waals surface area contributed by atoms with Crippen molar-refractivity contribution in [2.24, 2.45) is 0 Å². The van der Waals surface area contributed by atoms with E-state index in [9.17, 15) is 17.6 Å². The summed E-state index contributed by atoms with van der Waals surface area (Å²) in [6.45, 7) is 6.77. The number of rotatable bonds is 5. The third-order valence-corrected chi connectivity index (χ3v) is 3.92. The van der Waals surface area contributed by atoms with E-state index in [-0.39, 0.29) is 6.04 Å². The van der Waals surface area contributed by atoms with Crippen LogP contribution in [0.25, 0.3) is 0 Å². The molecule has 1 atom stereocenters. The number of allylic oxidation sites excluding steroid dienone is 1. The Morgan fingerprint density at radius 2 is 1.95 bits per heavy atom. The fourth-order valence-corrected chi connectivity index (χ4v) is 2.78. The van der Waals surface area contributed by atoms with E-state index in [4.69, 9.17) is 0 Å². The molecule has 0 radical (unpaired) electrons. The molecule has 1 aliphatic rings. The second-order valence-corrected chi connectivity index (χ2v) is 5.40. The Labute approximate surface area is 127 Å². The summed E-state index contributed by atoms with van der Waals surface area (Å²) in [6.07, 6.45) is -1.44. The van der Waals surface area contributed by atoms with Gasteiger partial charge >= 0.3 is 6.18 Å². The topological polar surface area (TPSA) is 15.3 Å². The Balaban J connectivity index is 2.28. The molecule has 0 aliphatic carbocycles. The van der Waals surface area contributed by atoms with Gasteiger partial charge in [-0.15, -0.1) is 6.58 Å². The summed E-state index contributed by atoms with van der Waals surface area (Å²) in [4.78, 5) is 2.12. The fourth-order valence-electron chi connectivity index (χ4n) is 2.78. The van der Waals surface area contributed by atoms with Crippen LogP contribution in [0.2, 0.25) is 0 Å². The van der Waals surface area contributed by atoms with Crippen LogP contribution in [0, 0.1) is 5.82 Å². The molecular formula is C16H20F4N2. The van der Waals surface area contributed by atoms with Gasteiger partial charge in [0.25, 0.3) is 0 Å². The molecule has 2 nitrogen and oxygen atoms in total. The minimum absolute atomic E-state index is 0.220. The SMILES string of the molecule is C=CCC[C@H](c1ccc(C(F)(F)F)cc1F)N1CCNCC1. The van der Waals surface area contributed by atoms with Crippen molar-refractivity contribution >= 4 is 0 Å². The maximum atomic E-state index is 14.2. The number of benzene rings is 1. The number of piperazine rings is 1. The van der Waals surface area contributed by atoms with Crippen LogP contribution in [-0.4, -0.2) is 31.1 Å². The minimum atomic E-state index is -4.52. The van der Waals surface area contributed by atoms with Gasteiger partial charge in [-0.05, 0) is 25.0 Å². The highest BCUT2D eigenvalue weighted by Gasteiger charge is 2.32. The molecule has 0 spiro atoms. The molecule has 0 aromatic heterocycles. The molecule has 1 heterocycles. The molecular weight excluding hydrogens is 296 g/mol. The van der Waals surface area contributed by atoms with Crippen molar-refractivity contribution < 1.29 is 17.6 Å². The number of alkyl halides is 3. The van der Waals surface area contributed by atoms with Crippen LogP contribution >= 0.6 is 0 Å². The average Bonchev–Trinajstić information content (AvgIpc) is 2.49. The lowest BCUT2D eigenvalue weighted by molar-refractivity contribution is -0.137. The summed E-state index contributed by atoms with van der Waals surface area (Å²) in [5.41, 5.74) is -0.617. The number of hydrogen-bond acceptors (Lipinski definition) is 2. The average molecular weight is 316 g/mol. The summed E-state index contributed by atoms with van der Waals surface area (Å²) < 4.78 is 52.2. The van der Waals surface area contributed by atoms with E-state index in [1.54, 1.807) is 6.08 Å². The molecule has 2 rings (SSSR count). The molecule has 0 unspecified atom stereocenters. The second kappa shape index (κ2) is 7.24. The Morgan fingerprint density at radius 1 is 1.27 bits per heavy atom. The van der Waals surface area contributed by atoms with E-state index in [1.165, 1.54) is 6.07 Å². The number of nitrogens with zero attached hydrogens (tertiary/aromatic N) is 1. The van der Waals surface area contributed by atoms with Crippen molar-refractivity contribution in [2.75, 3.05) is 26.2 Å². The molecule has 0 saturated carbocycles. The van der Waals surface area contributed by atoms with Gasteiger partial charge in [-0.25, -0.2) is 4.39 Å². The van der Waals surface area contributed by atoms with Gasteiger partial charge in [0, 0.05) is 37.8 Å². The molecule has 1 aliphatic heterocycles. The Hall–Kier alpha value is -1.40. The third kappa shape index (κ3) is 4.08. The first kappa shape index (κ1) is 17.0. The first-order valence-corrected chi connectivity index (χ1v) is 7.36. The third-order valence-electron chi connectivity index (χ3n) is 3.92. The van der Waals surface area contributed by atoms with E-state index < -0.39 is 17.6 Å². The van der Waals surface area contributed by atoms with Gasteiger partial charge in [0.2, 0.25) is 0 Å². The molecule has 0 amide bonds. The van der Waals surface area contributed by atoms with Gasteiger partial charge in [0.15, 0.2) is 0 Å². The summed E-state index contributed by atoms with van der Waals surface area (Å²) in [5.74, 6) is -0.789. The Morgan fingerprint density at radius 3 is 2.50 bits per heavy atom. The van der Waals surface area contributed by atoms with E-state index in [1.807, 2.05) is 0 Å². The van der Waals surface area contributed by atoms with Gasteiger partial charge in [-0.3, -0.25) is 4.90 Å². The monoisotopic (exact) mass is 316 g/mol. The lowest BCUT2D eigenvalue weighted by Crippen LogP contribution is -2.45. The standard InChI is InChI=1S/C16H20F4N2/c1-2-3-4-15(22-9-7-21-8-10-22)13-6-5-12(11-14(13)17)16(18,19)20/h2,5-6,11,15,21H,1,3-4,7-10H2/t15-/m1/s1. The Bertz CT molecular complexity index is 507. The van der Waals surface area contributed by atoms with E-state index in [0.29, 0.717) is 24.5 Å². The van der Waals surface area contributed by atoms with Crippen molar-refractivity contribution in [3.05, 3.63) is 47.8 Å². The zero-order valence-corrected chi connectivity index (χ0v) is 12.3. The van der Waals surface area contributed by atoms with Crippen molar-refractivity contribution in [3.8, 4) is 0 Å². The highest BCUT2D eigenvalue weighted by molar-refractivity contribution is 5.29. The molecule has 1 fully saturated rings. The smallest absolute Gasteiger partial charge is 0.314 e. The lowest BCUT2D eigenvalue weighted by atomic mass is 9.97. The number of halogens is 4. The maximum Gasteiger partial charge on any atom is 0.416 e. The van der Waals surface area contributed by atoms with Crippen molar-refractivity contribution in [1.29, 1.82) is 0 Å². The van der Waals surface area contributed by atoms with Crippen LogP contribution in [0.3, 0.4) is 0 Å². The quantitative estimate of drug-likeness (QED) is 0.657. The molecule has 22 heavy (non-hydrogen) atoms. The molecule has 6 heteroatoms. The van der Waals surface area contributed by atoms with Gasteiger partial charge in [-0.1, -0.05) is 12.1 Å². The maximum absolute atomic E-state index is 14.2. The van der Waals surface area contributed by atoms with Crippen molar-refractivity contribution in [3.63, 3.8) is 0 Å². The predicted molar refractivity (Wildman–Crippen MR) is 78.0 cm³/mol. The largest absolute Gasteiger partial charge is 0.416 e. The van der Waals surface area contributed by atoms with E-state index in [0.717, 1.165) is 32.2 Å². The fraction of sp³-hybridized carbons (Fsp3) is 0.500. The highest BCUT2D eigenvalue weighted by atomic mass is 19.4. The molecule has 0 bridgehead atoms. The van der Waals surface area contributed by atoms with Gasteiger partial charge in [-0.2, -0.15) is 13.2 Å².